The zero-order valence-corrected chi connectivity index (χ0v) is 14.6. The lowest BCUT2D eigenvalue weighted by Gasteiger charge is -2.29. The van der Waals surface area contributed by atoms with Crippen molar-refractivity contribution < 1.29 is 19.0 Å². The second kappa shape index (κ2) is 9.21. The summed E-state index contributed by atoms with van der Waals surface area (Å²) in [5, 5.41) is 0. The van der Waals surface area contributed by atoms with Crippen LogP contribution in [0.3, 0.4) is 0 Å². The van der Waals surface area contributed by atoms with Crippen molar-refractivity contribution in [3.63, 3.8) is 0 Å². The fourth-order valence-corrected chi connectivity index (χ4v) is 1.54. The molecule has 21 heavy (non-hydrogen) atoms. The Balaban J connectivity index is 4.02. The zero-order valence-electron chi connectivity index (χ0n) is 14.6. The molecule has 0 N–H and O–H groups in total. The maximum absolute atomic E-state index is 11.4. The Hall–Kier alpha value is -0.870. The minimum Gasteiger partial charge on any atom is -0.459 e. The molecule has 0 aromatic carbocycles. The molecular weight excluding hydrogens is 268 g/mol. The molecule has 0 aromatic rings. The molecule has 0 aliphatic carbocycles. The van der Waals surface area contributed by atoms with Gasteiger partial charge in [-0.25, -0.2) is 4.79 Å². The number of rotatable bonds is 11. The Labute approximate surface area is 129 Å². The van der Waals surface area contributed by atoms with Crippen molar-refractivity contribution in [2.45, 2.75) is 72.0 Å². The molecule has 0 radical (unpaired) electrons. The summed E-state index contributed by atoms with van der Waals surface area (Å²) in [6, 6.07) is 0. The number of esters is 1. The van der Waals surface area contributed by atoms with Crippen molar-refractivity contribution in [3.05, 3.63) is 12.2 Å². The molecule has 0 aliphatic heterocycles. The number of carbonyl (C=O) groups is 1. The molecule has 0 aromatic heterocycles. The first-order valence-corrected chi connectivity index (χ1v) is 7.70. The summed E-state index contributed by atoms with van der Waals surface area (Å²) in [7, 11) is 0. The minimum atomic E-state index is -0.509. The normalized spacial score (nSPS) is 12.3. The van der Waals surface area contributed by atoms with Gasteiger partial charge in [0.15, 0.2) is 0 Å². The number of hydrogen-bond donors (Lipinski definition) is 0. The first-order chi connectivity index (χ1) is 9.59. The quantitative estimate of drug-likeness (QED) is 0.330. The van der Waals surface area contributed by atoms with E-state index in [4.69, 9.17) is 14.2 Å². The van der Waals surface area contributed by atoms with E-state index < -0.39 is 5.60 Å². The van der Waals surface area contributed by atoms with E-state index in [1.165, 1.54) is 0 Å². The Morgan fingerprint density at radius 3 is 2.14 bits per heavy atom. The van der Waals surface area contributed by atoms with Gasteiger partial charge in [-0.2, -0.15) is 0 Å². The van der Waals surface area contributed by atoms with Gasteiger partial charge in [-0.1, -0.05) is 19.9 Å². The van der Waals surface area contributed by atoms with E-state index in [-0.39, 0.29) is 18.2 Å². The van der Waals surface area contributed by atoms with Gasteiger partial charge in [0.25, 0.3) is 0 Å². The molecule has 124 valence electrons. The van der Waals surface area contributed by atoms with Gasteiger partial charge in [-0.3, -0.25) is 0 Å². The molecule has 0 saturated heterocycles. The van der Waals surface area contributed by atoms with Crippen LogP contribution >= 0.6 is 0 Å². The van der Waals surface area contributed by atoms with E-state index in [1.54, 1.807) is 6.92 Å². The fourth-order valence-electron chi connectivity index (χ4n) is 1.54. The molecule has 4 nitrogen and oxygen atoms in total. The highest BCUT2D eigenvalue weighted by atomic mass is 16.6. The van der Waals surface area contributed by atoms with Crippen LogP contribution in [0.4, 0.5) is 0 Å². The predicted molar refractivity (Wildman–Crippen MR) is 85.4 cm³/mol. The summed E-state index contributed by atoms with van der Waals surface area (Å²) in [4.78, 5) is 11.4. The number of carbonyl (C=O) groups excluding carboxylic acids is 1. The van der Waals surface area contributed by atoms with Gasteiger partial charge in [0.1, 0.15) is 6.61 Å². The summed E-state index contributed by atoms with van der Waals surface area (Å²) in [5.74, 6) is -0.380. The monoisotopic (exact) mass is 300 g/mol. The van der Waals surface area contributed by atoms with E-state index >= 15 is 0 Å². The number of ether oxygens (including phenoxy) is 3. The van der Waals surface area contributed by atoms with Crippen LogP contribution in [-0.4, -0.2) is 37.0 Å². The van der Waals surface area contributed by atoms with E-state index in [0.29, 0.717) is 12.2 Å². The molecule has 0 bridgehead atoms. The van der Waals surface area contributed by atoms with Crippen molar-refractivity contribution >= 4 is 5.97 Å². The van der Waals surface area contributed by atoms with E-state index in [2.05, 4.69) is 27.4 Å². The third-order valence-corrected chi connectivity index (χ3v) is 3.09. The molecule has 0 unspecified atom stereocenters. The first kappa shape index (κ1) is 20.1. The Bertz CT molecular complexity index is 332. The van der Waals surface area contributed by atoms with Crippen LogP contribution in [0.5, 0.6) is 0 Å². The first-order valence-electron chi connectivity index (χ1n) is 7.70. The van der Waals surface area contributed by atoms with Gasteiger partial charge in [-0.15, -0.1) is 0 Å². The van der Waals surface area contributed by atoms with Gasteiger partial charge in [0.05, 0.1) is 17.8 Å². The highest BCUT2D eigenvalue weighted by Gasteiger charge is 2.24. The summed E-state index contributed by atoms with van der Waals surface area (Å²) >= 11 is 0. The Morgan fingerprint density at radius 2 is 1.62 bits per heavy atom. The molecule has 0 saturated carbocycles. The van der Waals surface area contributed by atoms with Crippen LogP contribution < -0.4 is 0 Å². The lowest BCUT2D eigenvalue weighted by molar-refractivity contribution is -0.150. The summed E-state index contributed by atoms with van der Waals surface area (Å²) in [5.41, 5.74) is -0.305. The molecule has 0 rings (SSSR count). The van der Waals surface area contributed by atoms with Crippen molar-refractivity contribution in [1.29, 1.82) is 0 Å². The van der Waals surface area contributed by atoms with Gasteiger partial charge >= 0.3 is 5.97 Å². The van der Waals surface area contributed by atoms with Crippen molar-refractivity contribution in [2.75, 3.05) is 19.8 Å². The summed E-state index contributed by atoms with van der Waals surface area (Å²) in [6.07, 6.45) is 3.01. The van der Waals surface area contributed by atoms with Crippen LogP contribution in [-0.2, 0) is 19.0 Å². The van der Waals surface area contributed by atoms with Crippen LogP contribution in [0.25, 0.3) is 0 Å². The van der Waals surface area contributed by atoms with Crippen LogP contribution in [0.2, 0.25) is 0 Å². The van der Waals surface area contributed by atoms with Crippen molar-refractivity contribution in [2.24, 2.45) is 0 Å². The van der Waals surface area contributed by atoms with E-state index in [0.717, 1.165) is 25.9 Å². The fraction of sp³-hybridized carbons (Fsp3) is 0.824. The molecule has 0 amide bonds. The lowest BCUT2D eigenvalue weighted by atomic mass is 10.1. The molecule has 0 fully saturated rings. The lowest BCUT2D eigenvalue weighted by Crippen LogP contribution is -2.35. The Kier molecular flexibility index (Phi) is 8.83. The number of unbranched alkanes of at least 4 members (excludes halogenated alkanes) is 1. The van der Waals surface area contributed by atoms with E-state index in [9.17, 15) is 4.79 Å². The topological polar surface area (TPSA) is 44.8 Å². The maximum Gasteiger partial charge on any atom is 0.333 e. The predicted octanol–water partition coefficient (Wildman–Crippen LogP) is 3.89. The molecular formula is C17H32O4. The molecule has 0 spiro atoms. The van der Waals surface area contributed by atoms with Crippen LogP contribution in [0.1, 0.15) is 60.8 Å². The van der Waals surface area contributed by atoms with Gasteiger partial charge in [0.2, 0.25) is 0 Å². The van der Waals surface area contributed by atoms with Crippen LogP contribution in [0.15, 0.2) is 12.2 Å². The highest BCUT2D eigenvalue weighted by Crippen LogP contribution is 2.18. The van der Waals surface area contributed by atoms with Gasteiger partial charge in [-0.05, 0) is 47.5 Å². The van der Waals surface area contributed by atoms with Crippen molar-refractivity contribution in [1.82, 2.24) is 0 Å². The third-order valence-electron chi connectivity index (χ3n) is 3.09. The molecule has 0 aliphatic rings. The average molecular weight is 300 g/mol. The third kappa shape index (κ3) is 10.5. The molecule has 0 atom stereocenters. The minimum absolute atomic E-state index is 0.195. The molecule has 0 heterocycles. The van der Waals surface area contributed by atoms with Gasteiger partial charge in [0, 0.05) is 12.2 Å². The SMILES string of the molecule is C=C(C)C(=O)OCC(C)(C)OCCC(C)(C)OCCCC. The van der Waals surface area contributed by atoms with E-state index in [1.807, 2.05) is 13.8 Å². The average Bonchev–Trinajstić information content (AvgIpc) is 2.35. The maximum atomic E-state index is 11.4. The van der Waals surface area contributed by atoms with Crippen molar-refractivity contribution in [3.8, 4) is 0 Å². The zero-order chi connectivity index (χ0) is 16.5. The summed E-state index contributed by atoms with van der Waals surface area (Å²) < 4.78 is 16.8. The standard InChI is InChI=1S/C17H32O4/c1-8-9-11-20-16(4,5)10-12-21-17(6,7)13-19-15(18)14(2)3/h2,8-13H2,1,3-7H3. The smallest absolute Gasteiger partial charge is 0.333 e. The van der Waals surface area contributed by atoms with Crippen LogP contribution in [0, 0.1) is 0 Å². The summed E-state index contributed by atoms with van der Waals surface area (Å²) in [6.45, 7) is 16.8. The second-order valence-electron chi connectivity index (χ2n) is 6.68. The second-order valence-corrected chi connectivity index (χ2v) is 6.68. The Morgan fingerprint density at radius 1 is 1.05 bits per heavy atom. The van der Waals surface area contributed by atoms with Gasteiger partial charge < -0.3 is 14.2 Å². The number of hydrogen-bond acceptors (Lipinski definition) is 4. The highest BCUT2D eigenvalue weighted by molar-refractivity contribution is 5.86. The molecule has 4 heteroatoms. The largest absolute Gasteiger partial charge is 0.459 e.